The van der Waals surface area contributed by atoms with Crippen LogP contribution in [0.2, 0.25) is 0 Å². The van der Waals surface area contributed by atoms with Crippen LogP contribution in [-0.2, 0) is 0 Å². The van der Waals surface area contributed by atoms with Gasteiger partial charge in [0.25, 0.3) is 0 Å². The second kappa shape index (κ2) is 4.99. The zero-order chi connectivity index (χ0) is 11.4. The molecule has 1 unspecified atom stereocenters. The third kappa shape index (κ3) is 2.17. The molecule has 1 atom stereocenters. The first kappa shape index (κ1) is 11.0. The lowest BCUT2D eigenvalue weighted by molar-refractivity contribution is 0.674. The Kier molecular flexibility index (Phi) is 3.42. The fraction of sp³-hybridized carbons (Fsp3) is 0.286. The summed E-state index contributed by atoms with van der Waals surface area (Å²) < 4.78 is 2.10. The van der Waals surface area contributed by atoms with Crippen molar-refractivity contribution >= 4 is 0 Å². The van der Waals surface area contributed by atoms with Crippen molar-refractivity contribution in [1.29, 1.82) is 0 Å². The number of benzene rings is 1. The summed E-state index contributed by atoms with van der Waals surface area (Å²) in [5, 5.41) is 0. The van der Waals surface area contributed by atoms with Crippen LogP contribution in [0, 0.1) is 0 Å². The number of hydrogen-bond acceptors (Lipinski definition) is 1. The van der Waals surface area contributed by atoms with E-state index in [4.69, 9.17) is 5.73 Å². The molecule has 2 N–H and O–H groups in total. The maximum Gasteiger partial charge on any atom is 0.0449 e. The first-order valence-corrected chi connectivity index (χ1v) is 5.78. The van der Waals surface area contributed by atoms with Crippen LogP contribution in [0.4, 0.5) is 0 Å². The van der Waals surface area contributed by atoms with Gasteiger partial charge in [-0.15, -0.1) is 0 Å². The van der Waals surface area contributed by atoms with Gasteiger partial charge in [-0.1, -0.05) is 19.1 Å². The molecule has 2 aromatic rings. The van der Waals surface area contributed by atoms with Gasteiger partial charge in [-0.25, -0.2) is 0 Å². The van der Waals surface area contributed by atoms with Crippen molar-refractivity contribution < 1.29 is 0 Å². The summed E-state index contributed by atoms with van der Waals surface area (Å²) >= 11 is 0. The Morgan fingerprint density at radius 3 is 2.25 bits per heavy atom. The third-order valence-corrected chi connectivity index (χ3v) is 3.04. The molecule has 2 nitrogen and oxygen atoms in total. The molecule has 0 saturated carbocycles. The molecule has 0 saturated heterocycles. The van der Waals surface area contributed by atoms with Crippen molar-refractivity contribution in [2.45, 2.75) is 19.3 Å². The van der Waals surface area contributed by atoms with E-state index < -0.39 is 0 Å². The zero-order valence-corrected chi connectivity index (χ0v) is 9.63. The van der Waals surface area contributed by atoms with E-state index in [0.29, 0.717) is 5.92 Å². The summed E-state index contributed by atoms with van der Waals surface area (Å²) in [6, 6.07) is 12.7. The van der Waals surface area contributed by atoms with Crippen LogP contribution in [0.5, 0.6) is 0 Å². The molecule has 1 aromatic heterocycles. The SMILES string of the molecule is CCC(CN)c1ccc(-n2cccc2)cc1. The summed E-state index contributed by atoms with van der Waals surface area (Å²) in [6.07, 6.45) is 5.20. The number of rotatable bonds is 4. The largest absolute Gasteiger partial charge is 0.330 e. The topological polar surface area (TPSA) is 30.9 Å². The quantitative estimate of drug-likeness (QED) is 0.833. The minimum absolute atomic E-state index is 0.485. The van der Waals surface area contributed by atoms with Crippen LogP contribution in [0.3, 0.4) is 0 Å². The molecular formula is C14H18N2. The van der Waals surface area contributed by atoms with E-state index in [0.717, 1.165) is 13.0 Å². The summed E-state index contributed by atoms with van der Waals surface area (Å²) in [5.74, 6) is 0.485. The predicted octanol–water partition coefficient (Wildman–Crippen LogP) is 2.93. The van der Waals surface area contributed by atoms with Crippen molar-refractivity contribution in [3.05, 3.63) is 54.4 Å². The Labute approximate surface area is 96.7 Å². The highest BCUT2D eigenvalue weighted by Gasteiger charge is 2.06. The average Bonchev–Trinajstić information content (AvgIpc) is 2.85. The summed E-state index contributed by atoms with van der Waals surface area (Å²) in [7, 11) is 0. The Morgan fingerprint density at radius 2 is 1.75 bits per heavy atom. The second-order valence-electron chi connectivity index (χ2n) is 4.02. The van der Waals surface area contributed by atoms with Gasteiger partial charge < -0.3 is 10.3 Å². The fourth-order valence-corrected chi connectivity index (χ4v) is 1.96. The van der Waals surface area contributed by atoms with Crippen molar-refractivity contribution in [3.63, 3.8) is 0 Å². The minimum atomic E-state index is 0.485. The van der Waals surface area contributed by atoms with Crippen LogP contribution < -0.4 is 5.73 Å². The second-order valence-corrected chi connectivity index (χ2v) is 4.02. The van der Waals surface area contributed by atoms with Gasteiger partial charge in [0.2, 0.25) is 0 Å². The lowest BCUT2D eigenvalue weighted by atomic mass is 9.96. The van der Waals surface area contributed by atoms with Crippen molar-refractivity contribution in [2.75, 3.05) is 6.54 Å². The Hall–Kier alpha value is -1.54. The first-order valence-electron chi connectivity index (χ1n) is 5.78. The van der Waals surface area contributed by atoms with Crippen LogP contribution in [-0.4, -0.2) is 11.1 Å². The average molecular weight is 214 g/mol. The van der Waals surface area contributed by atoms with E-state index >= 15 is 0 Å². The van der Waals surface area contributed by atoms with E-state index in [-0.39, 0.29) is 0 Å². The number of aromatic nitrogens is 1. The molecule has 2 heteroatoms. The molecule has 0 aliphatic heterocycles. The molecule has 16 heavy (non-hydrogen) atoms. The maximum atomic E-state index is 5.74. The molecule has 1 aromatic carbocycles. The Morgan fingerprint density at radius 1 is 1.12 bits per heavy atom. The monoisotopic (exact) mass is 214 g/mol. The van der Waals surface area contributed by atoms with Gasteiger partial charge >= 0.3 is 0 Å². The summed E-state index contributed by atoms with van der Waals surface area (Å²) in [4.78, 5) is 0. The van der Waals surface area contributed by atoms with Gasteiger partial charge in [-0.3, -0.25) is 0 Å². The third-order valence-electron chi connectivity index (χ3n) is 3.04. The molecule has 0 bridgehead atoms. The first-order chi connectivity index (χ1) is 7.85. The normalized spacial score (nSPS) is 12.6. The molecule has 0 radical (unpaired) electrons. The van der Waals surface area contributed by atoms with Crippen molar-refractivity contribution in [1.82, 2.24) is 4.57 Å². The summed E-state index contributed by atoms with van der Waals surface area (Å²) in [5.41, 5.74) is 8.27. The molecule has 1 heterocycles. The van der Waals surface area contributed by atoms with E-state index in [9.17, 15) is 0 Å². The number of nitrogens with two attached hydrogens (primary N) is 1. The van der Waals surface area contributed by atoms with Crippen LogP contribution in [0.1, 0.15) is 24.8 Å². The fourth-order valence-electron chi connectivity index (χ4n) is 1.96. The van der Waals surface area contributed by atoms with Gasteiger partial charge in [0, 0.05) is 18.1 Å². The van der Waals surface area contributed by atoms with Gasteiger partial charge in [0.05, 0.1) is 0 Å². The van der Waals surface area contributed by atoms with E-state index in [1.54, 1.807) is 0 Å². The Bertz CT molecular complexity index is 411. The lowest BCUT2D eigenvalue weighted by Crippen LogP contribution is -2.11. The van der Waals surface area contributed by atoms with Gasteiger partial charge in [-0.2, -0.15) is 0 Å². The highest BCUT2D eigenvalue weighted by atomic mass is 14.9. The molecule has 0 aliphatic rings. The molecule has 0 aliphatic carbocycles. The molecule has 0 amide bonds. The van der Waals surface area contributed by atoms with Crippen LogP contribution >= 0.6 is 0 Å². The Balaban J connectivity index is 2.22. The van der Waals surface area contributed by atoms with Crippen molar-refractivity contribution in [2.24, 2.45) is 5.73 Å². The molecule has 2 rings (SSSR count). The highest BCUT2D eigenvalue weighted by Crippen LogP contribution is 2.19. The van der Waals surface area contributed by atoms with Crippen LogP contribution in [0.15, 0.2) is 48.8 Å². The van der Waals surface area contributed by atoms with E-state index in [1.165, 1.54) is 11.3 Å². The molecule has 0 fully saturated rings. The highest BCUT2D eigenvalue weighted by molar-refractivity contribution is 5.36. The van der Waals surface area contributed by atoms with Gasteiger partial charge in [0.1, 0.15) is 0 Å². The summed E-state index contributed by atoms with van der Waals surface area (Å²) in [6.45, 7) is 2.90. The number of hydrogen-bond donors (Lipinski definition) is 1. The van der Waals surface area contributed by atoms with Crippen molar-refractivity contribution in [3.8, 4) is 5.69 Å². The predicted molar refractivity (Wildman–Crippen MR) is 67.9 cm³/mol. The maximum absolute atomic E-state index is 5.74. The van der Waals surface area contributed by atoms with Gasteiger partial charge in [-0.05, 0) is 48.7 Å². The lowest BCUT2D eigenvalue weighted by Gasteiger charge is -2.13. The van der Waals surface area contributed by atoms with E-state index in [2.05, 4.69) is 48.1 Å². The zero-order valence-electron chi connectivity index (χ0n) is 9.63. The van der Waals surface area contributed by atoms with E-state index in [1.807, 2.05) is 12.1 Å². The standard InChI is InChI=1S/C14H18N2/c1-2-12(11-15)13-5-7-14(8-6-13)16-9-3-4-10-16/h3-10,12H,2,11,15H2,1H3. The minimum Gasteiger partial charge on any atom is -0.330 e. The molecular weight excluding hydrogens is 196 g/mol. The molecule has 84 valence electrons. The smallest absolute Gasteiger partial charge is 0.0449 e. The number of nitrogens with zero attached hydrogens (tertiary/aromatic N) is 1. The van der Waals surface area contributed by atoms with Crippen LogP contribution in [0.25, 0.3) is 5.69 Å². The van der Waals surface area contributed by atoms with Gasteiger partial charge in [0.15, 0.2) is 0 Å². The molecule has 0 spiro atoms.